The summed E-state index contributed by atoms with van der Waals surface area (Å²) in [6.45, 7) is 6.01. The molecule has 0 N–H and O–H groups in total. The van der Waals surface area contributed by atoms with Crippen LogP contribution in [0.15, 0.2) is 12.1 Å². The summed E-state index contributed by atoms with van der Waals surface area (Å²) in [6, 6.07) is 3.58. The second-order valence-corrected chi connectivity index (χ2v) is 3.48. The number of nitro benzene ring substituents is 1. The fourth-order valence-corrected chi connectivity index (χ4v) is 1.38. The van der Waals surface area contributed by atoms with Crippen LogP contribution in [0, 0.1) is 24.0 Å². The summed E-state index contributed by atoms with van der Waals surface area (Å²) < 4.78 is 5.42. The van der Waals surface area contributed by atoms with Crippen molar-refractivity contribution < 1.29 is 9.66 Å². The van der Waals surface area contributed by atoms with Gasteiger partial charge in [-0.25, -0.2) is 0 Å². The van der Waals surface area contributed by atoms with Crippen LogP contribution in [0.5, 0.6) is 5.75 Å². The molecule has 1 aromatic carbocycles. The van der Waals surface area contributed by atoms with E-state index in [1.807, 2.05) is 19.9 Å². The van der Waals surface area contributed by atoms with Crippen molar-refractivity contribution in [2.45, 2.75) is 27.2 Å². The highest BCUT2D eigenvalue weighted by Crippen LogP contribution is 2.33. The zero-order valence-corrected chi connectivity index (χ0v) is 9.24. The fraction of sp³-hybridized carbons (Fsp3) is 0.455. The normalized spacial score (nSPS) is 10.1. The highest BCUT2D eigenvalue weighted by atomic mass is 16.6. The number of nitrogens with zero attached hydrogens (tertiary/aromatic N) is 1. The molecule has 0 unspecified atom stereocenters. The molecule has 0 saturated heterocycles. The van der Waals surface area contributed by atoms with Gasteiger partial charge < -0.3 is 4.74 Å². The van der Waals surface area contributed by atoms with Crippen LogP contribution in [0.1, 0.15) is 24.5 Å². The van der Waals surface area contributed by atoms with Gasteiger partial charge in [-0.3, -0.25) is 10.1 Å². The van der Waals surface area contributed by atoms with Crippen molar-refractivity contribution in [2.24, 2.45) is 0 Å². The van der Waals surface area contributed by atoms with Gasteiger partial charge in [0, 0.05) is 5.56 Å². The van der Waals surface area contributed by atoms with E-state index >= 15 is 0 Å². The van der Waals surface area contributed by atoms with Crippen LogP contribution in [-0.4, -0.2) is 11.5 Å². The lowest BCUT2D eigenvalue weighted by atomic mass is 10.1. The van der Waals surface area contributed by atoms with Gasteiger partial charge in [0.1, 0.15) is 0 Å². The zero-order valence-electron chi connectivity index (χ0n) is 9.24. The van der Waals surface area contributed by atoms with Gasteiger partial charge in [0.25, 0.3) is 0 Å². The Bertz CT molecular complexity index is 374. The summed E-state index contributed by atoms with van der Waals surface area (Å²) in [5.41, 5.74) is 1.53. The maximum Gasteiger partial charge on any atom is 0.314 e. The van der Waals surface area contributed by atoms with Crippen molar-refractivity contribution in [3.63, 3.8) is 0 Å². The molecule has 0 amide bonds. The molecule has 0 radical (unpaired) electrons. The van der Waals surface area contributed by atoms with Crippen molar-refractivity contribution in [2.75, 3.05) is 6.61 Å². The van der Waals surface area contributed by atoms with Crippen molar-refractivity contribution >= 4 is 5.69 Å². The predicted molar refractivity (Wildman–Crippen MR) is 58.4 cm³/mol. The Balaban J connectivity index is 3.19. The van der Waals surface area contributed by atoms with Gasteiger partial charge in [-0.1, -0.05) is 19.1 Å². The minimum absolute atomic E-state index is 0.0865. The summed E-state index contributed by atoms with van der Waals surface area (Å²) >= 11 is 0. The molecule has 0 bridgehead atoms. The summed E-state index contributed by atoms with van der Waals surface area (Å²) in [5.74, 6) is 0.404. The van der Waals surface area contributed by atoms with Crippen molar-refractivity contribution in [1.82, 2.24) is 0 Å². The standard InChI is InChI=1S/C11H15NO3/c1-4-7-15-11-9(3)6-5-8(2)10(11)12(13)14/h5-6H,4,7H2,1-3H3. The first-order valence-electron chi connectivity index (χ1n) is 4.95. The summed E-state index contributed by atoms with van der Waals surface area (Å²) in [5, 5.41) is 10.9. The third-order valence-electron chi connectivity index (χ3n) is 2.16. The molecule has 0 fully saturated rings. The molecular weight excluding hydrogens is 194 g/mol. The Morgan fingerprint density at radius 1 is 1.33 bits per heavy atom. The van der Waals surface area contributed by atoms with Crippen LogP contribution >= 0.6 is 0 Å². The number of aryl methyl sites for hydroxylation is 2. The van der Waals surface area contributed by atoms with E-state index in [0.717, 1.165) is 12.0 Å². The molecule has 82 valence electrons. The van der Waals surface area contributed by atoms with Gasteiger partial charge in [0.05, 0.1) is 11.5 Å². The number of benzene rings is 1. The van der Waals surface area contributed by atoms with Crippen LogP contribution in [0.3, 0.4) is 0 Å². The molecule has 0 atom stereocenters. The number of hydrogen-bond donors (Lipinski definition) is 0. The van der Waals surface area contributed by atoms with E-state index in [0.29, 0.717) is 17.9 Å². The molecule has 15 heavy (non-hydrogen) atoms. The average molecular weight is 209 g/mol. The van der Waals surface area contributed by atoms with Crippen molar-refractivity contribution in [3.05, 3.63) is 33.4 Å². The van der Waals surface area contributed by atoms with Gasteiger partial charge in [-0.15, -0.1) is 0 Å². The minimum Gasteiger partial charge on any atom is -0.487 e. The Labute approximate surface area is 89.0 Å². The van der Waals surface area contributed by atoms with Gasteiger partial charge >= 0.3 is 5.69 Å². The lowest BCUT2D eigenvalue weighted by molar-refractivity contribution is -0.386. The molecule has 1 rings (SSSR count). The smallest absolute Gasteiger partial charge is 0.314 e. The van der Waals surface area contributed by atoms with Crippen LogP contribution < -0.4 is 4.74 Å². The quantitative estimate of drug-likeness (QED) is 0.565. The second kappa shape index (κ2) is 4.77. The molecule has 0 aliphatic carbocycles. The highest BCUT2D eigenvalue weighted by Gasteiger charge is 2.20. The first-order chi connectivity index (χ1) is 7.07. The van der Waals surface area contributed by atoms with E-state index in [1.54, 1.807) is 13.0 Å². The van der Waals surface area contributed by atoms with E-state index in [9.17, 15) is 10.1 Å². The molecule has 0 aliphatic heterocycles. The molecule has 0 saturated carbocycles. The Hall–Kier alpha value is -1.58. The first kappa shape index (κ1) is 11.5. The first-order valence-corrected chi connectivity index (χ1v) is 4.95. The maximum absolute atomic E-state index is 10.9. The topological polar surface area (TPSA) is 52.4 Å². The number of rotatable bonds is 4. The molecule has 0 spiro atoms. The Morgan fingerprint density at radius 3 is 2.47 bits per heavy atom. The molecule has 0 aliphatic rings. The molecule has 0 heterocycles. The van der Waals surface area contributed by atoms with Crippen LogP contribution in [-0.2, 0) is 0 Å². The third-order valence-corrected chi connectivity index (χ3v) is 2.16. The van der Waals surface area contributed by atoms with E-state index in [4.69, 9.17) is 4.74 Å². The maximum atomic E-state index is 10.9. The molecule has 4 heteroatoms. The molecule has 4 nitrogen and oxygen atoms in total. The van der Waals surface area contributed by atoms with Crippen LogP contribution in [0.4, 0.5) is 5.69 Å². The molecular formula is C11H15NO3. The zero-order chi connectivity index (χ0) is 11.4. The van der Waals surface area contributed by atoms with Crippen LogP contribution in [0.25, 0.3) is 0 Å². The van der Waals surface area contributed by atoms with E-state index in [1.165, 1.54) is 0 Å². The SMILES string of the molecule is CCCOc1c(C)ccc(C)c1[N+](=O)[O-]. The van der Waals surface area contributed by atoms with E-state index in [-0.39, 0.29) is 10.6 Å². The minimum atomic E-state index is -0.382. The van der Waals surface area contributed by atoms with E-state index in [2.05, 4.69) is 0 Å². The Morgan fingerprint density at radius 2 is 1.93 bits per heavy atom. The van der Waals surface area contributed by atoms with Gasteiger partial charge in [-0.2, -0.15) is 0 Å². The summed E-state index contributed by atoms with van der Waals surface area (Å²) in [4.78, 5) is 10.5. The predicted octanol–water partition coefficient (Wildman–Crippen LogP) is 3.00. The molecule has 0 aromatic heterocycles. The monoisotopic (exact) mass is 209 g/mol. The van der Waals surface area contributed by atoms with Crippen LogP contribution in [0.2, 0.25) is 0 Å². The highest BCUT2D eigenvalue weighted by molar-refractivity contribution is 5.56. The average Bonchev–Trinajstić information content (AvgIpc) is 2.18. The third kappa shape index (κ3) is 2.46. The van der Waals surface area contributed by atoms with Gasteiger partial charge in [0.2, 0.25) is 0 Å². The van der Waals surface area contributed by atoms with Crippen molar-refractivity contribution in [1.29, 1.82) is 0 Å². The number of ether oxygens (including phenoxy) is 1. The van der Waals surface area contributed by atoms with Crippen molar-refractivity contribution in [3.8, 4) is 5.75 Å². The number of hydrogen-bond acceptors (Lipinski definition) is 3. The van der Waals surface area contributed by atoms with E-state index < -0.39 is 0 Å². The Kier molecular flexibility index (Phi) is 3.66. The lowest BCUT2D eigenvalue weighted by Crippen LogP contribution is -2.02. The largest absolute Gasteiger partial charge is 0.487 e. The number of nitro groups is 1. The molecule has 1 aromatic rings. The summed E-state index contributed by atoms with van der Waals surface area (Å²) in [7, 11) is 0. The van der Waals surface area contributed by atoms with Gasteiger partial charge in [-0.05, 0) is 25.8 Å². The second-order valence-electron chi connectivity index (χ2n) is 3.48. The summed E-state index contributed by atoms with van der Waals surface area (Å²) in [6.07, 6.45) is 0.838. The lowest BCUT2D eigenvalue weighted by Gasteiger charge is -2.09. The fourth-order valence-electron chi connectivity index (χ4n) is 1.38. The van der Waals surface area contributed by atoms with Gasteiger partial charge in [0.15, 0.2) is 5.75 Å².